The molecule has 0 amide bonds. The number of hydrogen-bond donors (Lipinski definition) is 2. The lowest BCUT2D eigenvalue weighted by Gasteiger charge is -2.11. The Hall–Kier alpha value is -1.79. The van der Waals surface area contributed by atoms with Crippen LogP contribution in [0.5, 0.6) is 0 Å². The van der Waals surface area contributed by atoms with E-state index in [-0.39, 0.29) is 16.3 Å². The van der Waals surface area contributed by atoms with Gasteiger partial charge >= 0.3 is 0 Å². The van der Waals surface area contributed by atoms with Crippen molar-refractivity contribution < 1.29 is 12.8 Å². The zero-order chi connectivity index (χ0) is 14.9. The van der Waals surface area contributed by atoms with E-state index in [2.05, 4.69) is 4.72 Å². The normalized spacial score (nSPS) is 11.3. The van der Waals surface area contributed by atoms with Crippen LogP contribution in [-0.4, -0.2) is 8.42 Å². The van der Waals surface area contributed by atoms with Crippen molar-refractivity contribution in [3.8, 4) is 0 Å². The van der Waals surface area contributed by atoms with Crippen LogP contribution in [0.2, 0.25) is 5.02 Å². The number of nitrogen functional groups attached to an aromatic ring is 1. The van der Waals surface area contributed by atoms with Crippen molar-refractivity contribution in [2.75, 3.05) is 10.5 Å². The molecule has 106 valence electrons. The average molecular weight is 315 g/mol. The molecular weight excluding hydrogens is 303 g/mol. The quantitative estimate of drug-likeness (QED) is 0.855. The summed E-state index contributed by atoms with van der Waals surface area (Å²) in [6, 6.07) is 7.88. The van der Waals surface area contributed by atoms with Gasteiger partial charge in [-0.25, -0.2) is 12.8 Å². The Morgan fingerprint density at radius 2 is 1.90 bits per heavy atom. The van der Waals surface area contributed by atoms with Crippen LogP contribution in [0.3, 0.4) is 0 Å². The summed E-state index contributed by atoms with van der Waals surface area (Å²) in [6.45, 7) is 1.80. The first-order valence-corrected chi connectivity index (χ1v) is 7.50. The van der Waals surface area contributed by atoms with Gasteiger partial charge in [0, 0.05) is 5.02 Å². The summed E-state index contributed by atoms with van der Waals surface area (Å²) < 4.78 is 39.8. The summed E-state index contributed by atoms with van der Waals surface area (Å²) in [5.41, 5.74) is 6.64. The summed E-state index contributed by atoms with van der Waals surface area (Å²) in [7, 11) is -3.97. The second kappa shape index (κ2) is 5.30. The molecule has 0 radical (unpaired) electrons. The van der Waals surface area contributed by atoms with E-state index in [9.17, 15) is 12.8 Å². The Balaban J connectivity index is 2.40. The maximum atomic E-state index is 13.2. The Morgan fingerprint density at radius 1 is 1.20 bits per heavy atom. The molecule has 4 nitrogen and oxygen atoms in total. The van der Waals surface area contributed by atoms with Crippen LogP contribution in [0.15, 0.2) is 41.3 Å². The topological polar surface area (TPSA) is 72.2 Å². The Labute approximate surface area is 121 Å². The van der Waals surface area contributed by atoms with Gasteiger partial charge < -0.3 is 5.73 Å². The molecule has 0 aliphatic rings. The molecule has 3 N–H and O–H groups in total. The molecular formula is C13H12ClFN2O2S. The van der Waals surface area contributed by atoms with Crippen LogP contribution in [-0.2, 0) is 10.0 Å². The predicted octanol–water partition coefficient (Wildman–Crippen LogP) is 3.17. The van der Waals surface area contributed by atoms with Gasteiger partial charge in [-0.1, -0.05) is 17.7 Å². The zero-order valence-electron chi connectivity index (χ0n) is 10.5. The first-order valence-electron chi connectivity index (χ1n) is 5.63. The fourth-order valence-corrected chi connectivity index (χ4v) is 2.98. The molecule has 0 atom stereocenters. The van der Waals surface area contributed by atoms with Crippen LogP contribution in [0.25, 0.3) is 0 Å². The lowest BCUT2D eigenvalue weighted by molar-refractivity contribution is 0.596. The highest BCUT2D eigenvalue weighted by molar-refractivity contribution is 7.92. The van der Waals surface area contributed by atoms with E-state index < -0.39 is 15.8 Å². The van der Waals surface area contributed by atoms with Gasteiger partial charge in [0.1, 0.15) is 10.7 Å². The van der Waals surface area contributed by atoms with Crippen molar-refractivity contribution in [2.24, 2.45) is 0 Å². The van der Waals surface area contributed by atoms with Gasteiger partial charge in [0.25, 0.3) is 10.0 Å². The van der Waals surface area contributed by atoms with Crippen molar-refractivity contribution in [1.29, 1.82) is 0 Å². The van der Waals surface area contributed by atoms with E-state index >= 15 is 0 Å². The van der Waals surface area contributed by atoms with Gasteiger partial charge in [-0.2, -0.15) is 0 Å². The molecule has 0 aromatic heterocycles. The fourth-order valence-electron chi connectivity index (χ4n) is 1.61. The van der Waals surface area contributed by atoms with Gasteiger partial charge in [-0.3, -0.25) is 4.72 Å². The highest BCUT2D eigenvalue weighted by atomic mass is 35.5. The fraction of sp³-hybridized carbons (Fsp3) is 0.0769. The second-order valence-corrected chi connectivity index (χ2v) is 6.31. The molecule has 0 bridgehead atoms. The summed E-state index contributed by atoms with van der Waals surface area (Å²) in [5, 5.41) is 0.428. The third-order valence-electron chi connectivity index (χ3n) is 2.69. The van der Waals surface area contributed by atoms with Crippen LogP contribution in [0.1, 0.15) is 5.56 Å². The van der Waals surface area contributed by atoms with Crippen LogP contribution in [0, 0.1) is 12.7 Å². The molecule has 2 aromatic carbocycles. The number of hydrogen-bond acceptors (Lipinski definition) is 3. The van der Waals surface area contributed by atoms with Crippen molar-refractivity contribution >= 4 is 33.0 Å². The first-order chi connectivity index (χ1) is 9.29. The van der Waals surface area contributed by atoms with Gasteiger partial charge in [0.2, 0.25) is 0 Å². The van der Waals surface area contributed by atoms with E-state index in [4.69, 9.17) is 17.3 Å². The smallest absolute Gasteiger partial charge is 0.264 e. The SMILES string of the molecule is Cc1ccc(NS(=O)(=O)c2cc(F)ccc2N)cc1Cl. The minimum absolute atomic E-state index is 0.0305. The number of halogens is 2. The van der Waals surface area contributed by atoms with Crippen LogP contribution < -0.4 is 10.5 Å². The molecule has 20 heavy (non-hydrogen) atoms. The highest BCUT2D eigenvalue weighted by Gasteiger charge is 2.18. The first kappa shape index (κ1) is 14.6. The van der Waals surface area contributed by atoms with Gasteiger partial charge in [-0.05, 0) is 42.8 Å². The summed E-state index contributed by atoms with van der Waals surface area (Å²) >= 11 is 5.93. The molecule has 0 aliphatic carbocycles. The molecule has 0 fully saturated rings. The van der Waals surface area contributed by atoms with Gasteiger partial charge in [0.15, 0.2) is 0 Å². The van der Waals surface area contributed by atoms with Crippen molar-refractivity contribution in [1.82, 2.24) is 0 Å². The Kier molecular flexibility index (Phi) is 3.87. The summed E-state index contributed by atoms with van der Waals surface area (Å²) in [5.74, 6) is -0.679. The molecule has 0 spiro atoms. The number of rotatable bonds is 3. The van der Waals surface area contributed by atoms with Crippen LogP contribution >= 0.6 is 11.6 Å². The number of benzene rings is 2. The molecule has 2 rings (SSSR count). The summed E-state index contributed by atoms with van der Waals surface area (Å²) in [4.78, 5) is -0.311. The van der Waals surface area contributed by atoms with Crippen molar-refractivity contribution in [3.05, 3.63) is 52.8 Å². The molecule has 0 saturated carbocycles. The Morgan fingerprint density at radius 3 is 2.55 bits per heavy atom. The van der Waals surface area contributed by atoms with E-state index in [1.807, 2.05) is 0 Å². The molecule has 2 aromatic rings. The van der Waals surface area contributed by atoms with Gasteiger partial charge in [-0.15, -0.1) is 0 Å². The second-order valence-electron chi connectivity index (χ2n) is 4.25. The zero-order valence-corrected chi connectivity index (χ0v) is 12.1. The molecule has 0 aliphatic heterocycles. The Bertz CT molecular complexity index is 763. The molecule has 0 saturated heterocycles. The minimum Gasteiger partial charge on any atom is -0.398 e. The largest absolute Gasteiger partial charge is 0.398 e. The highest BCUT2D eigenvalue weighted by Crippen LogP contribution is 2.25. The predicted molar refractivity (Wildman–Crippen MR) is 77.8 cm³/mol. The number of sulfonamides is 1. The van der Waals surface area contributed by atoms with Gasteiger partial charge in [0.05, 0.1) is 11.4 Å². The molecule has 0 unspecified atom stereocenters. The van der Waals surface area contributed by atoms with Crippen LogP contribution in [0.4, 0.5) is 15.8 Å². The number of nitrogens with two attached hydrogens (primary N) is 1. The maximum Gasteiger partial charge on any atom is 0.264 e. The lowest BCUT2D eigenvalue weighted by atomic mass is 10.2. The van der Waals surface area contributed by atoms with E-state index in [0.717, 1.165) is 17.7 Å². The number of anilines is 2. The maximum absolute atomic E-state index is 13.2. The van der Waals surface area contributed by atoms with E-state index in [1.54, 1.807) is 19.1 Å². The number of aryl methyl sites for hydroxylation is 1. The average Bonchev–Trinajstić information content (AvgIpc) is 2.36. The van der Waals surface area contributed by atoms with E-state index in [0.29, 0.717) is 5.02 Å². The molecule has 7 heteroatoms. The van der Waals surface area contributed by atoms with Crippen molar-refractivity contribution in [3.63, 3.8) is 0 Å². The van der Waals surface area contributed by atoms with E-state index in [1.165, 1.54) is 12.1 Å². The lowest BCUT2D eigenvalue weighted by Crippen LogP contribution is -2.15. The standard InChI is InChI=1S/C13H12ClFN2O2S/c1-8-2-4-10(7-11(8)14)17-20(18,19)13-6-9(15)3-5-12(13)16/h2-7,17H,16H2,1H3. The minimum atomic E-state index is -3.97. The summed E-state index contributed by atoms with van der Waals surface area (Å²) in [6.07, 6.45) is 0. The van der Waals surface area contributed by atoms with Crippen molar-refractivity contribution in [2.45, 2.75) is 11.8 Å². The molecule has 0 heterocycles. The monoisotopic (exact) mass is 314 g/mol. The third-order valence-corrected chi connectivity index (χ3v) is 4.53. The third kappa shape index (κ3) is 3.02. The number of nitrogens with one attached hydrogen (secondary N) is 1.